The molecule has 136 valence electrons. The molecule has 7 heteroatoms. The molecule has 25 heavy (non-hydrogen) atoms. The Morgan fingerprint density at radius 2 is 2.08 bits per heavy atom. The molecule has 1 saturated heterocycles. The third-order valence-electron chi connectivity index (χ3n) is 4.00. The molecule has 3 amide bonds. The third-order valence-corrected chi connectivity index (χ3v) is 4.00. The second-order valence-corrected chi connectivity index (χ2v) is 6.51. The zero-order chi connectivity index (χ0) is 18.4. The normalized spacial score (nSPS) is 15.2. The summed E-state index contributed by atoms with van der Waals surface area (Å²) in [5, 5.41) is 5.37. The topological polar surface area (TPSA) is 87.7 Å². The Morgan fingerprint density at radius 3 is 2.68 bits per heavy atom. The van der Waals surface area contributed by atoms with Gasteiger partial charge in [0.15, 0.2) is 0 Å². The van der Waals surface area contributed by atoms with Gasteiger partial charge in [-0.15, -0.1) is 0 Å². The van der Waals surface area contributed by atoms with Crippen molar-refractivity contribution in [1.82, 2.24) is 5.32 Å². The van der Waals surface area contributed by atoms with Crippen molar-refractivity contribution >= 4 is 29.3 Å². The van der Waals surface area contributed by atoms with Crippen molar-refractivity contribution in [1.29, 1.82) is 0 Å². The Hall–Kier alpha value is -2.57. The summed E-state index contributed by atoms with van der Waals surface area (Å²) in [5.41, 5.74) is 1.35. The SMILES string of the molecule is COC(=O)N[C@@H](CC(C)C)C(=O)Nc1cccc(N2CCCC2=O)c1. The van der Waals surface area contributed by atoms with E-state index in [1.54, 1.807) is 23.1 Å². The average Bonchev–Trinajstić information content (AvgIpc) is 3.00. The van der Waals surface area contributed by atoms with Crippen molar-refractivity contribution in [3.63, 3.8) is 0 Å². The van der Waals surface area contributed by atoms with E-state index in [0.29, 0.717) is 25.1 Å². The lowest BCUT2D eigenvalue weighted by molar-refractivity contribution is -0.118. The molecule has 0 saturated carbocycles. The largest absolute Gasteiger partial charge is 0.453 e. The van der Waals surface area contributed by atoms with Crippen LogP contribution in [0.2, 0.25) is 0 Å². The molecule has 1 atom stereocenters. The number of carbonyl (C=O) groups is 3. The lowest BCUT2D eigenvalue weighted by Gasteiger charge is -2.20. The van der Waals surface area contributed by atoms with E-state index in [4.69, 9.17) is 0 Å². The smallest absolute Gasteiger partial charge is 0.407 e. The molecule has 0 aliphatic carbocycles. The van der Waals surface area contributed by atoms with Crippen LogP contribution in [0.3, 0.4) is 0 Å². The number of hydrogen-bond donors (Lipinski definition) is 2. The van der Waals surface area contributed by atoms with Crippen LogP contribution in [0.5, 0.6) is 0 Å². The summed E-state index contributed by atoms with van der Waals surface area (Å²) in [5.74, 6) is -0.000945. The van der Waals surface area contributed by atoms with Gasteiger partial charge in [0, 0.05) is 24.3 Å². The van der Waals surface area contributed by atoms with E-state index >= 15 is 0 Å². The van der Waals surface area contributed by atoms with Gasteiger partial charge in [-0.1, -0.05) is 19.9 Å². The minimum absolute atomic E-state index is 0.0912. The van der Waals surface area contributed by atoms with Crippen LogP contribution in [0.1, 0.15) is 33.1 Å². The number of methoxy groups -OCH3 is 1. The second-order valence-electron chi connectivity index (χ2n) is 6.51. The van der Waals surface area contributed by atoms with E-state index in [1.165, 1.54) is 7.11 Å². The molecule has 1 aliphatic heterocycles. The van der Waals surface area contributed by atoms with Gasteiger partial charge in [0.2, 0.25) is 11.8 Å². The minimum atomic E-state index is -0.690. The zero-order valence-electron chi connectivity index (χ0n) is 14.9. The Bertz CT molecular complexity index is 645. The van der Waals surface area contributed by atoms with Crippen molar-refractivity contribution < 1.29 is 19.1 Å². The number of nitrogens with zero attached hydrogens (tertiary/aromatic N) is 1. The van der Waals surface area contributed by atoms with Crippen molar-refractivity contribution in [3.8, 4) is 0 Å². The maximum Gasteiger partial charge on any atom is 0.407 e. The number of benzene rings is 1. The van der Waals surface area contributed by atoms with Crippen LogP contribution in [0.25, 0.3) is 0 Å². The number of amides is 3. The Kier molecular flexibility index (Phi) is 6.38. The first-order chi connectivity index (χ1) is 11.9. The summed E-state index contributed by atoms with van der Waals surface area (Å²) in [6, 6.07) is 6.47. The highest BCUT2D eigenvalue weighted by atomic mass is 16.5. The monoisotopic (exact) mass is 347 g/mol. The van der Waals surface area contributed by atoms with E-state index in [0.717, 1.165) is 12.1 Å². The average molecular weight is 347 g/mol. The highest BCUT2D eigenvalue weighted by molar-refractivity contribution is 5.99. The molecule has 1 heterocycles. The summed E-state index contributed by atoms with van der Waals surface area (Å²) in [6.45, 7) is 4.63. The molecule has 1 aromatic carbocycles. The first-order valence-corrected chi connectivity index (χ1v) is 8.46. The molecule has 0 spiro atoms. The van der Waals surface area contributed by atoms with Gasteiger partial charge < -0.3 is 20.3 Å². The van der Waals surface area contributed by atoms with Crippen molar-refractivity contribution in [2.24, 2.45) is 5.92 Å². The summed E-state index contributed by atoms with van der Waals surface area (Å²) in [6.07, 6.45) is 1.24. The van der Waals surface area contributed by atoms with Crippen LogP contribution >= 0.6 is 0 Å². The van der Waals surface area contributed by atoms with E-state index in [1.807, 2.05) is 19.9 Å². The molecule has 7 nitrogen and oxygen atoms in total. The van der Waals surface area contributed by atoms with Gasteiger partial charge in [-0.25, -0.2) is 4.79 Å². The number of alkyl carbamates (subject to hydrolysis) is 1. The maximum absolute atomic E-state index is 12.5. The van der Waals surface area contributed by atoms with Crippen molar-refractivity contribution in [3.05, 3.63) is 24.3 Å². The summed E-state index contributed by atoms with van der Waals surface area (Å²) >= 11 is 0. The summed E-state index contributed by atoms with van der Waals surface area (Å²) in [4.78, 5) is 37.6. The molecule has 0 bridgehead atoms. The van der Waals surface area contributed by atoms with Gasteiger partial charge in [0.25, 0.3) is 0 Å². The molecule has 2 rings (SSSR count). The molecule has 1 fully saturated rings. The Morgan fingerprint density at radius 1 is 1.32 bits per heavy atom. The zero-order valence-corrected chi connectivity index (χ0v) is 14.9. The van der Waals surface area contributed by atoms with Gasteiger partial charge in [0.1, 0.15) is 6.04 Å². The highest BCUT2D eigenvalue weighted by Gasteiger charge is 2.24. The third kappa shape index (κ3) is 5.20. The Balaban J connectivity index is 2.09. The number of anilines is 2. The number of nitrogens with one attached hydrogen (secondary N) is 2. The molecule has 1 aliphatic rings. The first kappa shape index (κ1) is 18.8. The van der Waals surface area contributed by atoms with E-state index < -0.39 is 12.1 Å². The standard InChI is InChI=1S/C18H25N3O4/c1-12(2)10-15(20-18(24)25-3)17(23)19-13-6-4-7-14(11-13)21-9-5-8-16(21)22/h4,6-7,11-12,15H,5,8-10H2,1-3H3,(H,19,23)(H,20,24)/t15-/m0/s1. The van der Waals surface area contributed by atoms with Gasteiger partial charge in [0.05, 0.1) is 7.11 Å². The molecular weight excluding hydrogens is 322 g/mol. The predicted octanol–water partition coefficient (Wildman–Crippen LogP) is 2.52. The first-order valence-electron chi connectivity index (χ1n) is 8.46. The summed E-state index contributed by atoms with van der Waals surface area (Å²) < 4.78 is 4.59. The number of ether oxygens (including phenoxy) is 1. The fourth-order valence-electron chi connectivity index (χ4n) is 2.81. The van der Waals surface area contributed by atoms with Crippen LogP contribution in [0.4, 0.5) is 16.2 Å². The number of carbonyl (C=O) groups excluding carboxylic acids is 3. The van der Waals surface area contributed by atoms with Crippen LogP contribution in [-0.4, -0.2) is 37.6 Å². The quantitative estimate of drug-likeness (QED) is 0.828. The highest BCUT2D eigenvalue weighted by Crippen LogP contribution is 2.24. The van der Waals surface area contributed by atoms with E-state index in [2.05, 4.69) is 15.4 Å². The van der Waals surface area contributed by atoms with Gasteiger partial charge in [-0.3, -0.25) is 9.59 Å². The van der Waals surface area contributed by atoms with Gasteiger partial charge in [-0.05, 0) is 37.0 Å². The van der Waals surface area contributed by atoms with Gasteiger partial charge >= 0.3 is 6.09 Å². The lowest BCUT2D eigenvalue weighted by Crippen LogP contribution is -2.44. The Labute approximate surface area is 147 Å². The minimum Gasteiger partial charge on any atom is -0.453 e. The fraction of sp³-hybridized carbons (Fsp3) is 0.500. The molecular formula is C18H25N3O4. The number of hydrogen-bond acceptors (Lipinski definition) is 4. The van der Waals surface area contributed by atoms with E-state index in [9.17, 15) is 14.4 Å². The molecule has 1 aromatic rings. The van der Waals surface area contributed by atoms with Crippen LogP contribution in [0, 0.1) is 5.92 Å². The molecule has 0 radical (unpaired) electrons. The van der Waals surface area contributed by atoms with E-state index in [-0.39, 0.29) is 17.7 Å². The van der Waals surface area contributed by atoms with Crippen molar-refractivity contribution in [2.75, 3.05) is 23.9 Å². The van der Waals surface area contributed by atoms with Crippen molar-refractivity contribution in [2.45, 2.75) is 39.2 Å². The summed E-state index contributed by atoms with van der Waals surface area (Å²) in [7, 11) is 1.26. The molecule has 0 unspecified atom stereocenters. The van der Waals surface area contributed by atoms with Crippen LogP contribution < -0.4 is 15.5 Å². The van der Waals surface area contributed by atoms with Crippen LogP contribution in [-0.2, 0) is 14.3 Å². The predicted molar refractivity (Wildman–Crippen MR) is 95.4 cm³/mol. The number of rotatable bonds is 6. The maximum atomic E-state index is 12.5. The second kappa shape index (κ2) is 8.50. The molecule has 0 aromatic heterocycles. The molecule has 2 N–H and O–H groups in total. The van der Waals surface area contributed by atoms with Gasteiger partial charge in [-0.2, -0.15) is 0 Å². The fourth-order valence-corrected chi connectivity index (χ4v) is 2.81. The van der Waals surface area contributed by atoms with Crippen LogP contribution in [0.15, 0.2) is 24.3 Å². The lowest BCUT2D eigenvalue weighted by atomic mass is 10.0.